The SMILES string of the molecule is Cc1ccc(Oc2ncccc2C(=O)Nc2ccc(Oc3ccccc3C)nc2)cc1. The van der Waals surface area contributed by atoms with Gasteiger partial charge >= 0.3 is 0 Å². The van der Waals surface area contributed by atoms with Gasteiger partial charge < -0.3 is 14.8 Å². The van der Waals surface area contributed by atoms with Crippen molar-refractivity contribution in [3.63, 3.8) is 0 Å². The van der Waals surface area contributed by atoms with E-state index < -0.39 is 0 Å². The van der Waals surface area contributed by atoms with Crippen LogP contribution in [0, 0.1) is 13.8 Å². The number of hydrogen-bond donors (Lipinski definition) is 1. The summed E-state index contributed by atoms with van der Waals surface area (Å²) in [5.41, 5.74) is 2.99. The van der Waals surface area contributed by atoms with Crippen molar-refractivity contribution in [3.8, 4) is 23.3 Å². The van der Waals surface area contributed by atoms with Crippen molar-refractivity contribution in [1.29, 1.82) is 0 Å². The zero-order valence-corrected chi connectivity index (χ0v) is 17.2. The Balaban J connectivity index is 1.46. The van der Waals surface area contributed by atoms with E-state index in [2.05, 4.69) is 15.3 Å². The monoisotopic (exact) mass is 411 g/mol. The lowest BCUT2D eigenvalue weighted by Crippen LogP contribution is -2.13. The lowest BCUT2D eigenvalue weighted by atomic mass is 10.2. The predicted molar refractivity (Wildman–Crippen MR) is 119 cm³/mol. The van der Waals surface area contributed by atoms with Crippen molar-refractivity contribution in [2.45, 2.75) is 13.8 Å². The first-order valence-electron chi connectivity index (χ1n) is 9.79. The number of nitrogens with zero attached hydrogens (tertiary/aromatic N) is 2. The summed E-state index contributed by atoms with van der Waals surface area (Å²) in [5, 5.41) is 2.82. The summed E-state index contributed by atoms with van der Waals surface area (Å²) in [7, 11) is 0. The van der Waals surface area contributed by atoms with Crippen LogP contribution in [-0.2, 0) is 0 Å². The number of amides is 1. The fraction of sp³-hybridized carbons (Fsp3) is 0.0800. The van der Waals surface area contributed by atoms with Crippen LogP contribution in [0.15, 0.2) is 85.2 Å². The third-order valence-electron chi connectivity index (χ3n) is 4.55. The third kappa shape index (κ3) is 5.05. The highest BCUT2D eigenvalue weighted by atomic mass is 16.5. The number of nitrogens with one attached hydrogen (secondary N) is 1. The number of aromatic nitrogens is 2. The van der Waals surface area contributed by atoms with Crippen LogP contribution in [0.4, 0.5) is 5.69 Å². The molecule has 0 saturated heterocycles. The minimum absolute atomic E-state index is 0.233. The molecule has 4 rings (SSSR count). The maximum absolute atomic E-state index is 12.8. The molecule has 1 amide bonds. The van der Waals surface area contributed by atoms with Gasteiger partial charge in [0.2, 0.25) is 11.8 Å². The third-order valence-corrected chi connectivity index (χ3v) is 4.55. The Bertz CT molecular complexity index is 1190. The minimum Gasteiger partial charge on any atom is -0.439 e. The van der Waals surface area contributed by atoms with E-state index in [4.69, 9.17) is 9.47 Å². The molecule has 4 aromatic rings. The number of pyridine rings is 2. The highest BCUT2D eigenvalue weighted by molar-refractivity contribution is 6.05. The molecule has 0 bridgehead atoms. The molecule has 6 nitrogen and oxygen atoms in total. The number of ether oxygens (including phenoxy) is 2. The molecule has 0 aliphatic rings. The standard InChI is InChI=1S/C25H21N3O3/c1-17-9-12-20(13-10-17)30-25-21(7-5-15-26-25)24(29)28-19-11-14-23(27-16-19)31-22-8-4-3-6-18(22)2/h3-16H,1-2H3,(H,28,29). The van der Waals surface area contributed by atoms with Gasteiger partial charge in [-0.2, -0.15) is 0 Å². The Morgan fingerprint density at radius 2 is 1.65 bits per heavy atom. The van der Waals surface area contributed by atoms with Gasteiger partial charge in [-0.05, 0) is 55.8 Å². The molecular weight excluding hydrogens is 390 g/mol. The number of aryl methyl sites for hydroxylation is 2. The average Bonchev–Trinajstić information content (AvgIpc) is 2.78. The van der Waals surface area contributed by atoms with E-state index in [-0.39, 0.29) is 11.8 Å². The number of rotatable bonds is 6. The van der Waals surface area contributed by atoms with E-state index in [1.165, 1.54) is 0 Å². The molecule has 6 heteroatoms. The topological polar surface area (TPSA) is 73.3 Å². The van der Waals surface area contributed by atoms with Gasteiger partial charge in [0.15, 0.2) is 0 Å². The second-order valence-corrected chi connectivity index (χ2v) is 6.98. The molecule has 2 aromatic heterocycles. The summed E-state index contributed by atoms with van der Waals surface area (Å²) in [6.07, 6.45) is 3.13. The van der Waals surface area contributed by atoms with Crippen LogP contribution in [0.5, 0.6) is 23.3 Å². The summed E-state index contributed by atoms with van der Waals surface area (Å²) >= 11 is 0. The highest BCUT2D eigenvalue weighted by Gasteiger charge is 2.15. The molecular formula is C25H21N3O3. The molecule has 0 spiro atoms. The molecule has 0 aliphatic carbocycles. The summed E-state index contributed by atoms with van der Waals surface area (Å²) in [5.74, 6) is 1.68. The first-order chi connectivity index (χ1) is 15.1. The van der Waals surface area contributed by atoms with Crippen LogP contribution >= 0.6 is 0 Å². The molecule has 1 N–H and O–H groups in total. The molecule has 2 aromatic carbocycles. The molecule has 0 unspecified atom stereocenters. The van der Waals surface area contributed by atoms with E-state index in [0.29, 0.717) is 22.9 Å². The van der Waals surface area contributed by atoms with Crippen LogP contribution in [0.25, 0.3) is 0 Å². The lowest BCUT2D eigenvalue weighted by Gasteiger charge is -2.11. The molecule has 0 atom stereocenters. The Morgan fingerprint density at radius 1 is 0.839 bits per heavy atom. The second-order valence-electron chi connectivity index (χ2n) is 6.98. The fourth-order valence-corrected chi connectivity index (χ4v) is 2.86. The number of hydrogen-bond acceptors (Lipinski definition) is 5. The van der Waals surface area contributed by atoms with Gasteiger partial charge in [-0.25, -0.2) is 9.97 Å². The van der Waals surface area contributed by atoms with E-state index in [0.717, 1.165) is 16.9 Å². The Labute approximate surface area is 180 Å². The number of carbonyl (C=O) groups excluding carboxylic acids is 1. The quantitative estimate of drug-likeness (QED) is 0.426. The van der Waals surface area contributed by atoms with E-state index in [1.807, 2.05) is 62.4 Å². The molecule has 0 aliphatic heterocycles. The van der Waals surface area contributed by atoms with Crippen molar-refractivity contribution in [3.05, 3.63) is 102 Å². The van der Waals surface area contributed by atoms with Crippen LogP contribution < -0.4 is 14.8 Å². The summed E-state index contributed by atoms with van der Waals surface area (Å²) in [4.78, 5) is 21.3. The smallest absolute Gasteiger partial charge is 0.261 e. The zero-order valence-electron chi connectivity index (χ0n) is 17.2. The molecule has 0 saturated carbocycles. The van der Waals surface area contributed by atoms with E-state index in [1.54, 1.807) is 36.7 Å². The number of anilines is 1. The van der Waals surface area contributed by atoms with Crippen LogP contribution in [0.2, 0.25) is 0 Å². The van der Waals surface area contributed by atoms with Gasteiger partial charge in [0, 0.05) is 12.3 Å². The fourth-order valence-electron chi connectivity index (χ4n) is 2.86. The molecule has 0 fully saturated rings. The lowest BCUT2D eigenvalue weighted by molar-refractivity contribution is 0.102. The van der Waals surface area contributed by atoms with Gasteiger partial charge in [-0.3, -0.25) is 4.79 Å². The molecule has 154 valence electrons. The van der Waals surface area contributed by atoms with Crippen LogP contribution in [0.3, 0.4) is 0 Å². The normalized spacial score (nSPS) is 10.4. The van der Waals surface area contributed by atoms with Gasteiger partial charge in [-0.1, -0.05) is 35.9 Å². The van der Waals surface area contributed by atoms with Gasteiger partial charge in [-0.15, -0.1) is 0 Å². The first kappa shape index (κ1) is 20.1. The predicted octanol–water partition coefficient (Wildman–Crippen LogP) is 5.93. The Morgan fingerprint density at radius 3 is 2.39 bits per heavy atom. The van der Waals surface area contributed by atoms with Crippen LogP contribution in [-0.4, -0.2) is 15.9 Å². The number of benzene rings is 2. The second kappa shape index (κ2) is 9.09. The van der Waals surface area contributed by atoms with Crippen molar-refractivity contribution >= 4 is 11.6 Å². The Hall–Kier alpha value is -4.19. The largest absolute Gasteiger partial charge is 0.439 e. The highest BCUT2D eigenvalue weighted by Crippen LogP contribution is 2.26. The average molecular weight is 411 g/mol. The number of carbonyl (C=O) groups is 1. The summed E-state index contributed by atoms with van der Waals surface area (Å²) in [6, 6.07) is 22.0. The first-order valence-corrected chi connectivity index (χ1v) is 9.79. The maximum Gasteiger partial charge on any atom is 0.261 e. The number of para-hydroxylation sites is 1. The van der Waals surface area contributed by atoms with Crippen molar-refractivity contribution < 1.29 is 14.3 Å². The van der Waals surface area contributed by atoms with E-state index in [9.17, 15) is 4.79 Å². The molecule has 0 radical (unpaired) electrons. The van der Waals surface area contributed by atoms with Gasteiger partial charge in [0.25, 0.3) is 5.91 Å². The minimum atomic E-state index is -0.343. The van der Waals surface area contributed by atoms with E-state index >= 15 is 0 Å². The molecule has 31 heavy (non-hydrogen) atoms. The Kier molecular flexibility index (Phi) is 5.89. The van der Waals surface area contributed by atoms with Crippen molar-refractivity contribution in [2.75, 3.05) is 5.32 Å². The zero-order chi connectivity index (χ0) is 21.6. The van der Waals surface area contributed by atoms with Crippen molar-refractivity contribution in [2.24, 2.45) is 0 Å². The van der Waals surface area contributed by atoms with Crippen molar-refractivity contribution in [1.82, 2.24) is 9.97 Å². The van der Waals surface area contributed by atoms with Gasteiger partial charge in [0.05, 0.1) is 11.9 Å². The summed E-state index contributed by atoms with van der Waals surface area (Å²) < 4.78 is 11.6. The summed E-state index contributed by atoms with van der Waals surface area (Å²) in [6.45, 7) is 3.96. The van der Waals surface area contributed by atoms with Gasteiger partial charge in [0.1, 0.15) is 17.1 Å². The van der Waals surface area contributed by atoms with Crippen LogP contribution in [0.1, 0.15) is 21.5 Å². The molecule has 2 heterocycles. The maximum atomic E-state index is 12.8.